The van der Waals surface area contributed by atoms with E-state index in [0.717, 1.165) is 6.42 Å². The average Bonchev–Trinajstić information content (AvgIpc) is 2.02. The van der Waals surface area contributed by atoms with Crippen molar-refractivity contribution in [3.8, 4) is 0 Å². The zero-order chi connectivity index (χ0) is 10.1. The normalized spacial score (nSPS) is 31.9. The first-order chi connectivity index (χ1) is 5.95. The molecule has 78 valence electrons. The molecule has 13 heavy (non-hydrogen) atoms. The molecule has 1 rings (SSSR count). The molecule has 5 nitrogen and oxygen atoms in total. The number of piperidine rings is 1. The highest BCUT2D eigenvalue weighted by Gasteiger charge is 2.29. The molecule has 0 aliphatic carbocycles. The summed E-state index contributed by atoms with van der Waals surface area (Å²) in [5.74, 6) is 0.317. The van der Waals surface area contributed by atoms with Gasteiger partial charge in [0.2, 0.25) is 0 Å². The van der Waals surface area contributed by atoms with Gasteiger partial charge >= 0.3 is 0 Å². The molecule has 1 saturated heterocycles. The molecule has 3 N–H and O–H groups in total. The van der Waals surface area contributed by atoms with Crippen molar-refractivity contribution in [2.75, 3.05) is 20.1 Å². The van der Waals surface area contributed by atoms with Gasteiger partial charge < -0.3 is 5.32 Å². The minimum Gasteiger partial charge on any atom is -0.317 e. The fraction of sp³-hybridized carbons (Fsp3) is 1.00. The molecule has 2 atom stereocenters. The van der Waals surface area contributed by atoms with Crippen LogP contribution in [0.15, 0.2) is 0 Å². The van der Waals surface area contributed by atoms with Gasteiger partial charge in [0.1, 0.15) is 0 Å². The summed E-state index contributed by atoms with van der Waals surface area (Å²) in [4.78, 5) is 0. The van der Waals surface area contributed by atoms with Crippen molar-refractivity contribution in [3.05, 3.63) is 0 Å². The molecular formula is C7H17N3O2S. The predicted octanol–water partition coefficient (Wildman–Crippen LogP) is -0.880. The molecule has 2 unspecified atom stereocenters. The van der Waals surface area contributed by atoms with Gasteiger partial charge in [-0.25, -0.2) is 5.14 Å². The lowest BCUT2D eigenvalue weighted by Crippen LogP contribution is -2.50. The van der Waals surface area contributed by atoms with Crippen molar-refractivity contribution in [2.45, 2.75) is 19.4 Å². The fourth-order valence-corrected chi connectivity index (χ4v) is 2.57. The van der Waals surface area contributed by atoms with Crippen LogP contribution in [-0.4, -0.2) is 38.9 Å². The maximum Gasteiger partial charge on any atom is 0.276 e. The van der Waals surface area contributed by atoms with Crippen molar-refractivity contribution in [1.29, 1.82) is 0 Å². The minimum atomic E-state index is -3.48. The third-order valence-corrected chi connectivity index (χ3v) is 3.65. The van der Waals surface area contributed by atoms with E-state index >= 15 is 0 Å². The molecule has 0 aromatic rings. The lowest BCUT2D eigenvalue weighted by molar-refractivity contribution is 0.228. The van der Waals surface area contributed by atoms with E-state index in [4.69, 9.17) is 5.14 Å². The lowest BCUT2D eigenvalue weighted by atomic mass is 9.96. The van der Waals surface area contributed by atoms with E-state index < -0.39 is 10.2 Å². The van der Waals surface area contributed by atoms with Crippen LogP contribution in [0, 0.1) is 5.92 Å². The Kier molecular flexibility index (Phi) is 3.28. The Morgan fingerprint density at radius 1 is 1.54 bits per heavy atom. The Labute approximate surface area is 79.5 Å². The molecule has 0 aromatic heterocycles. The second-order valence-corrected chi connectivity index (χ2v) is 5.11. The average molecular weight is 207 g/mol. The van der Waals surface area contributed by atoms with Crippen LogP contribution in [-0.2, 0) is 10.2 Å². The van der Waals surface area contributed by atoms with Gasteiger partial charge in [-0.1, -0.05) is 6.92 Å². The maximum absolute atomic E-state index is 11.0. The van der Waals surface area contributed by atoms with Crippen LogP contribution in [0.1, 0.15) is 13.3 Å². The zero-order valence-electron chi connectivity index (χ0n) is 8.03. The van der Waals surface area contributed by atoms with Gasteiger partial charge in [0, 0.05) is 19.1 Å². The molecule has 1 heterocycles. The van der Waals surface area contributed by atoms with Gasteiger partial charge in [-0.3, -0.25) is 0 Å². The van der Waals surface area contributed by atoms with E-state index in [9.17, 15) is 8.42 Å². The Balaban J connectivity index is 2.61. The van der Waals surface area contributed by atoms with Gasteiger partial charge in [-0.05, 0) is 19.4 Å². The van der Waals surface area contributed by atoms with E-state index in [1.807, 2.05) is 14.0 Å². The summed E-state index contributed by atoms with van der Waals surface area (Å²) in [5.41, 5.74) is 0. The molecule has 1 aliphatic rings. The van der Waals surface area contributed by atoms with Crippen LogP contribution in [0.2, 0.25) is 0 Å². The second-order valence-electron chi connectivity index (χ2n) is 3.56. The van der Waals surface area contributed by atoms with Crippen molar-refractivity contribution < 1.29 is 8.42 Å². The molecule has 1 aliphatic heterocycles. The van der Waals surface area contributed by atoms with Crippen molar-refractivity contribution >= 4 is 10.2 Å². The van der Waals surface area contributed by atoms with Gasteiger partial charge in [-0.2, -0.15) is 12.7 Å². The first-order valence-corrected chi connectivity index (χ1v) is 5.90. The zero-order valence-corrected chi connectivity index (χ0v) is 8.84. The molecule has 1 fully saturated rings. The maximum atomic E-state index is 11.0. The van der Waals surface area contributed by atoms with Gasteiger partial charge in [0.15, 0.2) is 0 Å². The standard InChI is InChI=1S/C7H17N3O2S/c1-6-5-10(13(8,11)12)4-3-7(6)9-2/h6-7,9H,3-5H2,1-2H3,(H2,8,11,12). The minimum absolute atomic E-state index is 0.317. The number of nitrogens with one attached hydrogen (secondary N) is 1. The molecule has 0 saturated carbocycles. The molecule has 0 spiro atoms. The molecular weight excluding hydrogens is 190 g/mol. The van der Waals surface area contributed by atoms with E-state index in [-0.39, 0.29) is 0 Å². The highest BCUT2D eigenvalue weighted by Crippen LogP contribution is 2.17. The quantitative estimate of drug-likeness (QED) is 0.617. The molecule has 0 aromatic carbocycles. The third kappa shape index (κ3) is 2.63. The summed E-state index contributed by atoms with van der Waals surface area (Å²) >= 11 is 0. The second kappa shape index (κ2) is 3.91. The molecule has 6 heteroatoms. The summed E-state index contributed by atoms with van der Waals surface area (Å²) in [6.07, 6.45) is 0.827. The largest absolute Gasteiger partial charge is 0.317 e. The summed E-state index contributed by atoms with van der Waals surface area (Å²) in [7, 11) is -1.59. The third-order valence-electron chi connectivity index (χ3n) is 2.60. The van der Waals surface area contributed by atoms with Crippen LogP contribution >= 0.6 is 0 Å². The first-order valence-electron chi connectivity index (χ1n) is 4.40. The Morgan fingerprint density at radius 2 is 2.15 bits per heavy atom. The fourth-order valence-electron chi connectivity index (χ4n) is 1.77. The predicted molar refractivity (Wildman–Crippen MR) is 51.3 cm³/mol. The molecule has 0 radical (unpaired) electrons. The summed E-state index contributed by atoms with van der Waals surface area (Å²) in [5, 5.41) is 8.20. The van der Waals surface area contributed by atoms with Gasteiger partial charge in [0.25, 0.3) is 10.2 Å². The van der Waals surface area contributed by atoms with Gasteiger partial charge in [0.05, 0.1) is 0 Å². The van der Waals surface area contributed by atoms with E-state index in [0.29, 0.717) is 25.0 Å². The number of rotatable bonds is 2. The molecule has 0 bridgehead atoms. The number of nitrogens with two attached hydrogens (primary N) is 1. The first kappa shape index (κ1) is 10.9. The summed E-state index contributed by atoms with van der Waals surface area (Å²) in [6.45, 7) is 3.07. The van der Waals surface area contributed by atoms with E-state index in [2.05, 4.69) is 5.32 Å². The Morgan fingerprint density at radius 3 is 2.54 bits per heavy atom. The Hall–Kier alpha value is -0.170. The number of hydrogen-bond acceptors (Lipinski definition) is 3. The number of hydrogen-bond donors (Lipinski definition) is 2. The van der Waals surface area contributed by atoms with Crippen molar-refractivity contribution in [2.24, 2.45) is 11.1 Å². The summed E-state index contributed by atoms with van der Waals surface area (Å²) < 4.78 is 23.4. The van der Waals surface area contributed by atoms with E-state index in [1.165, 1.54) is 4.31 Å². The van der Waals surface area contributed by atoms with Gasteiger partial charge in [-0.15, -0.1) is 0 Å². The van der Waals surface area contributed by atoms with Crippen LogP contribution in [0.3, 0.4) is 0 Å². The number of nitrogens with zero attached hydrogens (tertiary/aromatic N) is 1. The lowest BCUT2D eigenvalue weighted by Gasteiger charge is -2.34. The topological polar surface area (TPSA) is 75.4 Å². The SMILES string of the molecule is CNC1CCN(S(N)(=O)=O)CC1C. The Bertz CT molecular complexity index is 265. The molecule has 0 amide bonds. The van der Waals surface area contributed by atoms with Crippen LogP contribution in [0.5, 0.6) is 0 Å². The van der Waals surface area contributed by atoms with Crippen molar-refractivity contribution in [1.82, 2.24) is 9.62 Å². The smallest absolute Gasteiger partial charge is 0.276 e. The highest BCUT2D eigenvalue weighted by atomic mass is 32.2. The van der Waals surface area contributed by atoms with Crippen LogP contribution in [0.4, 0.5) is 0 Å². The summed E-state index contributed by atoms with van der Waals surface area (Å²) in [6, 6.07) is 0.401. The van der Waals surface area contributed by atoms with E-state index in [1.54, 1.807) is 0 Å². The monoisotopic (exact) mass is 207 g/mol. The van der Waals surface area contributed by atoms with Crippen LogP contribution in [0.25, 0.3) is 0 Å². The highest BCUT2D eigenvalue weighted by molar-refractivity contribution is 7.86. The van der Waals surface area contributed by atoms with Crippen LogP contribution < -0.4 is 10.5 Å². The van der Waals surface area contributed by atoms with Crippen molar-refractivity contribution in [3.63, 3.8) is 0 Å².